The first-order chi connectivity index (χ1) is 11.5. The van der Waals surface area contributed by atoms with Gasteiger partial charge in [0.2, 0.25) is 10.0 Å². The molecule has 1 aliphatic rings. The summed E-state index contributed by atoms with van der Waals surface area (Å²) in [4.78, 5) is 11.7. The van der Waals surface area contributed by atoms with Gasteiger partial charge in [0.1, 0.15) is 6.07 Å². The van der Waals surface area contributed by atoms with Gasteiger partial charge in [-0.3, -0.25) is 0 Å². The van der Waals surface area contributed by atoms with E-state index < -0.39 is 16.0 Å². The molecule has 7 nitrogen and oxygen atoms in total. The number of esters is 1. The van der Waals surface area contributed by atoms with E-state index in [2.05, 4.69) is 5.32 Å². The first-order valence-corrected chi connectivity index (χ1v) is 9.07. The summed E-state index contributed by atoms with van der Waals surface area (Å²) in [5.41, 5.74) is 0.401. The van der Waals surface area contributed by atoms with Gasteiger partial charge in [0, 0.05) is 25.0 Å². The van der Waals surface area contributed by atoms with Gasteiger partial charge in [-0.1, -0.05) is 0 Å². The number of carbonyl (C=O) groups excluding carboxylic acids is 1. The predicted molar refractivity (Wildman–Crippen MR) is 88.4 cm³/mol. The summed E-state index contributed by atoms with van der Waals surface area (Å²) in [6, 6.07) is 7.92. The van der Waals surface area contributed by atoms with Gasteiger partial charge >= 0.3 is 5.97 Å². The van der Waals surface area contributed by atoms with Crippen molar-refractivity contribution in [2.45, 2.75) is 24.7 Å². The summed E-state index contributed by atoms with van der Waals surface area (Å²) in [7, 11) is -3.45. The minimum atomic E-state index is -3.45. The van der Waals surface area contributed by atoms with E-state index >= 15 is 0 Å². The van der Waals surface area contributed by atoms with E-state index in [4.69, 9.17) is 10.00 Å². The average Bonchev–Trinajstić information content (AvgIpc) is 3.11. The fourth-order valence-corrected chi connectivity index (χ4v) is 3.82. The van der Waals surface area contributed by atoms with Crippen molar-refractivity contribution in [3.8, 4) is 6.07 Å². The Kier molecular flexibility index (Phi) is 5.95. The topological polar surface area (TPSA) is 99.5 Å². The Morgan fingerprint density at radius 3 is 2.50 bits per heavy atom. The van der Waals surface area contributed by atoms with Crippen LogP contribution in [0.1, 0.15) is 19.8 Å². The molecule has 0 saturated carbocycles. The number of nitrogens with zero attached hydrogens (tertiary/aromatic N) is 2. The molecule has 8 heteroatoms. The zero-order chi connectivity index (χ0) is 17.6. The van der Waals surface area contributed by atoms with Crippen molar-refractivity contribution in [3.63, 3.8) is 0 Å². The Balaban J connectivity index is 2.09. The van der Waals surface area contributed by atoms with Crippen molar-refractivity contribution in [1.29, 1.82) is 5.26 Å². The molecular formula is C16H19N3O4S. The summed E-state index contributed by atoms with van der Waals surface area (Å²) in [5, 5.41) is 11.7. The number of anilines is 1. The number of benzene rings is 1. The number of carbonyl (C=O) groups is 1. The Labute approximate surface area is 141 Å². The number of nitrogens with one attached hydrogen (secondary N) is 1. The fourth-order valence-electron chi connectivity index (χ4n) is 2.30. The standard InChI is InChI=1S/C16H19N3O4S/c1-2-23-16(20)13(11-17)12-18-14-5-7-15(8-6-14)24(21,22)19-9-3-4-10-19/h5-8,12,18H,2-4,9-10H2,1H3/b13-12+. The summed E-state index contributed by atoms with van der Waals surface area (Å²) in [6.45, 7) is 2.94. The number of hydrogen-bond donors (Lipinski definition) is 1. The van der Waals surface area contributed by atoms with Crippen molar-refractivity contribution < 1.29 is 17.9 Å². The van der Waals surface area contributed by atoms with E-state index in [1.54, 1.807) is 25.1 Å². The van der Waals surface area contributed by atoms with Crippen LogP contribution in [-0.4, -0.2) is 38.4 Å². The molecule has 0 atom stereocenters. The second kappa shape index (κ2) is 7.95. The van der Waals surface area contributed by atoms with Gasteiger partial charge in [-0.15, -0.1) is 0 Å². The molecule has 0 spiro atoms. The molecule has 128 valence electrons. The minimum Gasteiger partial charge on any atom is -0.462 e. The summed E-state index contributed by atoms with van der Waals surface area (Å²) in [5.74, 6) is -0.708. The lowest BCUT2D eigenvalue weighted by molar-refractivity contribution is -0.138. The molecule has 0 aliphatic carbocycles. The first kappa shape index (κ1) is 18.0. The molecule has 1 heterocycles. The molecule has 1 aliphatic heterocycles. The highest BCUT2D eigenvalue weighted by molar-refractivity contribution is 7.89. The Hall–Kier alpha value is -2.37. The monoisotopic (exact) mass is 349 g/mol. The molecule has 0 bridgehead atoms. The van der Waals surface area contributed by atoms with Gasteiger partial charge in [-0.05, 0) is 44.0 Å². The molecular weight excluding hydrogens is 330 g/mol. The second-order valence-electron chi connectivity index (χ2n) is 5.17. The fraction of sp³-hybridized carbons (Fsp3) is 0.375. The normalized spacial score (nSPS) is 15.8. The number of hydrogen-bond acceptors (Lipinski definition) is 6. The van der Waals surface area contributed by atoms with E-state index in [9.17, 15) is 13.2 Å². The lowest BCUT2D eigenvalue weighted by Crippen LogP contribution is -2.27. The van der Waals surface area contributed by atoms with Gasteiger partial charge in [0.25, 0.3) is 0 Å². The van der Waals surface area contributed by atoms with E-state index in [0.29, 0.717) is 18.8 Å². The summed E-state index contributed by atoms with van der Waals surface area (Å²) in [6.07, 6.45) is 3.00. The van der Waals surface area contributed by atoms with Gasteiger partial charge in [-0.2, -0.15) is 9.57 Å². The van der Waals surface area contributed by atoms with Crippen LogP contribution in [0.5, 0.6) is 0 Å². The molecule has 1 fully saturated rings. The third-order valence-corrected chi connectivity index (χ3v) is 5.47. The third kappa shape index (κ3) is 4.13. The van der Waals surface area contributed by atoms with Crippen LogP contribution in [0.15, 0.2) is 40.9 Å². The molecule has 24 heavy (non-hydrogen) atoms. The lowest BCUT2D eigenvalue weighted by atomic mass is 10.3. The maximum Gasteiger partial charge on any atom is 0.350 e. The molecule has 0 aromatic heterocycles. The van der Waals surface area contributed by atoms with Gasteiger partial charge < -0.3 is 10.1 Å². The third-order valence-electron chi connectivity index (χ3n) is 3.56. The number of sulfonamides is 1. The molecule has 0 unspecified atom stereocenters. The van der Waals surface area contributed by atoms with E-state index in [0.717, 1.165) is 12.8 Å². The summed E-state index contributed by atoms with van der Waals surface area (Å²) >= 11 is 0. The zero-order valence-corrected chi connectivity index (χ0v) is 14.2. The van der Waals surface area contributed by atoms with E-state index in [1.165, 1.54) is 22.6 Å². The second-order valence-corrected chi connectivity index (χ2v) is 7.11. The van der Waals surface area contributed by atoms with Crippen LogP contribution in [-0.2, 0) is 19.6 Å². The first-order valence-electron chi connectivity index (χ1n) is 7.63. The highest BCUT2D eigenvalue weighted by Gasteiger charge is 2.26. The lowest BCUT2D eigenvalue weighted by Gasteiger charge is -2.15. The van der Waals surface area contributed by atoms with Gasteiger partial charge in [0.05, 0.1) is 11.5 Å². The molecule has 0 radical (unpaired) electrons. The van der Waals surface area contributed by atoms with E-state index in [1.807, 2.05) is 0 Å². The Morgan fingerprint density at radius 2 is 1.96 bits per heavy atom. The predicted octanol–water partition coefficient (Wildman–Crippen LogP) is 1.85. The quantitative estimate of drug-likeness (QED) is 0.478. The van der Waals surface area contributed by atoms with Crippen molar-refractivity contribution in [2.75, 3.05) is 25.0 Å². The summed E-state index contributed by atoms with van der Waals surface area (Å²) < 4.78 is 31.0. The highest BCUT2D eigenvalue weighted by atomic mass is 32.2. The Morgan fingerprint density at radius 1 is 1.33 bits per heavy atom. The molecule has 2 rings (SSSR count). The van der Waals surface area contributed by atoms with Crippen LogP contribution in [0.2, 0.25) is 0 Å². The molecule has 1 aromatic rings. The van der Waals surface area contributed by atoms with Crippen LogP contribution < -0.4 is 5.32 Å². The SMILES string of the molecule is CCOC(=O)/C(C#N)=C/Nc1ccc(S(=O)(=O)N2CCCC2)cc1. The number of rotatable bonds is 6. The minimum absolute atomic E-state index is 0.161. The van der Waals surface area contributed by atoms with Crippen LogP contribution in [0.3, 0.4) is 0 Å². The van der Waals surface area contributed by atoms with Crippen LogP contribution in [0.25, 0.3) is 0 Å². The maximum absolute atomic E-state index is 12.4. The van der Waals surface area contributed by atoms with Crippen molar-refractivity contribution in [2.24, 2.45) is 0 Å². The van der Waals surface area contributed by atoms with Crippen LogP contribution >= 0.6 is 0 Å². The smallest absolute Gasteiger partial charge is 0.350 e. The van der Waals surface area contributed by atoms with Crippen molar-refractivity contribution in [1.82, 2.24) is 4.31 Å². The molecule has 1 aromatic carbocycles. The highest BCUT2D eigenvalue weighted by Crippen LogP contribution is 2.22. The molecule has 1 saturated heterocycles. The zero-order valence-electron chi connectivity index (χ0n) is 13.4. The van der Waals surface area contributed by atoms with Crippen LogP contribution in [0.4, 0.5) is 5.69 Å². The number of ether oxygens (including phenoxy) is 1. The van der Waals surface area contributed by atoms with Crippen LogP contribution in [0, 0.1) is 11.3 Å². The Bertz CT molecular complexity index is 758. The molecule has 0 amide bonds. The molecule has 1 N–H and O–H groups in total. The number of nitriles is 1. The largest absolute Gasteiger partial charge is 0.462 e. The maximum atomic E-state index is 12.4. The van der Waals surface area contributed by atoms with Crippen molar-refractivity contribution >= 4 is 21.7 Å². The van der Waals surface area contributed by atoms with E-state index in [-0.39, 0.29) is 17.1 Å². The van der Waals surface area contributed by atoms with Gasteiger partial charge in [0.15, 0.2) is 5.57 Å². The van der Waals surface area contributed by atoms with Gasteiger partial charge in [-0.25, -0.2) is 13.2 Å². The van der Waals surface area contributed by atoms with Crippen molar-refractivity contribution in [3.05, 3.63) is 36.0 Å². The average molecular weight is 349 g/mol.